The number of rotatable bonds is 4. The van der Waals surface area contributed by atoms with Gasteiger partial charge in [-0.2, -0.15) is 0 Å². The first-order valence-corrected chi connectivity index (χ1v) is 8.60. The third-order valence-electron chi connectivity index (χ3n) is 3.97. The average molecular weight is 367 g/mol. The molecular weight excluding hydrogens is 347 g/mol. The number of anilines is 3. The SMILES string of the molecule is CN(C)c1cc(NC2CCCN(c3ncc(Cl)cc3Cl)C2)ncn1. The third-order valence-corrected chi connectivity index (χ3v) is 4.46. The van der Waals surface area contributed by atoms with Gasteiger partial charge in [0.1, 0.15) is 23.8 Å². The Morgan fingerprint density at radius 2 is 2.04 bits per heavy atom. The van der Waals surface area contributed by atoms with Crippen molar-refractivity contribution in [2.45, 2.75) is 18.9 Å². The summed E-state index contributed by atoms with van der Waals surface area (Å²) in [5.74, 6) is 2.49. The van der Waals surface area contributed by atoms with E-state index in [2.05, 4.69) is 25.2 Å². The standard InChI is InChI=1S/C16H20Cl2N6/c1-23(2)15-7-14(20-10-21-15)22-12-4-3-5-24(9-12)16-13(18)6-11(17)8-19-16/h6-8,10,12H,3-5,9H2,1-2H3,(H,20,21,22). The highest BCUT2D eigenvalue weighted by Gasteiger charge is 2.23. The average Bonchev–Trinajstić information content (AvgIpc) is 2.55. The molecule has 24 heavy (non-hydrogen) atoms. The van der Waals surface area contributed by atoms with Crippen LogP contribution in [0, 0.1) is 0 Å². The Kier molecular flexibility index (Phi) is 5.26. The topological polar surface area (TPSA) is 57.2 Å². The van der Waals surface area contributed by atoms with Crippen LogP contribution >= 0.6 is 23.2 Å². The lowest BCUT2D eigenvalue weighted by Crippen LogP contribution is -2.42. The van der Waals surface area contributed by atoms with Crippen molar-refractivity contribution in [2.24, 2.45) is 0 Å². The van der Waals surface area contributed by atoms with Gasteiger partial charge in [-0.05, 0) is 18.9 Å². The van der Waals surface area contributed by atoms with Crippen molar-refractivity contribution in [1.82, 2.24) is 15.0 Å². The van der Waals surface area contributed by atoms with E-state index in [1.165, 1.54) is 0 Å². The Morgan fingerprint density at radius 1 is 1.21 bits per heavy atom. The van der Waals surface area contributed by atoms with E-state index < -0.39 is 0 Å². The monoisotopic (exact) mass is 366 g/mol. The maximum absolute atomic E-state index is 6.29. The van der Waals surface area contributed by atoms with Crippen LogP contribution in [0.15, 0.2) is 24.7 Å². The van der Waals surface area contributed by atoms with Crippen LogP contribution in [0.2, 0.25) is 10.0 Å². The van der Waals surface area contributed by atoms with E-state index in [1.807, 2.05) is 25.1 Å². The number of pyridine rings is 1. The van der Waals surface area contributed by atoms with Crippen LogP contribution in [-0.2, 0) is 0 Å². The lowest BCUT2D eigenvalue weighted by atomic mass is 10.1. The third kappa shape index (κ3) is 3.99. The van der Waals surface area contributed by atoms with Crippen molar-refractivity contribution in [3.63, 3.8) is 0 Å². The predicted octanol–water partition coefficient (Wildman–Crippen LogP) is 3.33. The molecule has 2 aromatic rings. The van der Waals surface area contributed by atoms with Crippen molar-refractivity contribution < 1.29 is 0 Å². The normalized spacial score (nSPS) is 17.7. The van der Waals surface area contributed by atoms with Crippen molar-refractivity contribution in [1.29, 1.82) is 0 Å². The van der Waals surface area contributed by atoms with Crippen molar-refractivity contribution in [3.05, 3.63) is 34.7 Å². The molecule has 1 N–H and O–H groups in total. The highest BCUT2D eigenvalue weighted by atomic mass is 35.5. The number of aromatic nitrogens is 3. The number of hydrogen-bond donors (Lipinski definition) is 1. The van der Waals surface area contributed by atoms with Crippen LogP contribution in [0.3, 0.4) is 0 Å². The molecule has 1 aliphatic heterocycles. The summed E-state index contributed by atoms with van der Waals surface area (Å²) in [5, 5.41) is 4.62. The highest BCUT2D eigenvalue weighted by Crippen LogP contribution is 2.28. The van der Waals surface area contributed by atoms with Gasteiger partial charge >= 0.3 is 0 Å². The van der Waals surface area contributed by atoms with E-state index >= 15 is 0 Å². The van der Waals surface area contributed by atoms with E-state index in [4.69, 9.17) is 23.2 Å². The van der Waals surface area contributed by atoms with Crippen LogP contribution in [0.25, 0.3) is 0 Å². The summed E-state index contributed by atoms with van der Waals surface area (Å²) in [4.78, 5) is 17.1. The second-order valence-electron chi connectivity index (χ2n) is 6.04. The number of piperidine rings is 1. The van der Waals surface area contributed by atoms with Gasteiger partial charge in [0.15, 0.2) is 0 Å². The summed E-state index contributed by atoms with van der Waals surface area (Å²) >= 11 is 12.2. The molecule has 1 saturated heterocycles. The van der Waals surface area contributed by atoms with Gasteiger partial charge < -0.3 is 15.1 Å². The summed E-state index contributed by atoms with van der Waals surface area (Å²) in [6.45, 7) is 1.74. The summed E-state index contributed by atoms with van der Waals surface area (Å²) in [7, 11) is 3.92. The largest absolute Gasteiger partial charge is 0.365 e. The predicted molar refractivity (Wildman–Crippen MR) is 99.5 cm³/mol. The Labute approximate surface area is 151 Å². The van der Waals surface area contributed by atoms with Crippen LogP contribution in [0.1, 0.15) is 12.8 Å². The Bertz CT molecular complexity index is 709. The molecule has 6 nitrogen and oxygen atoms in total. The zero-order valence-corrected chi connectivity index (χ0v) is 15.2. The summed E-state index contributed by atoms with van der Waals surface area (Å²) < 4.78 is 0. The summed E-state index contributed by atoms with van der Waals surface area (Å²) in [6.07, 6.45) is 5.34. The molecule has 0 bridgehead atoms. The quantitative estimate of drug-likeness (QED) is 0.895. The van der Waals surface area contributed by atoms with Crippen molar-refractivity contribution in [3.8, 4) is 0 Å². The molecule has 1 unspecified atom stereocenters. The molecule has 0 amide bonds. The van der Waals surface area contributed by atoms with Gasteiger partial charge in [-0.1, -0.05) is 23.2 Å². The second kappa shape index (κ2) is 7.40. The van der Waals surface area contributed by atoms with Gasteiger partial charge in [-0.15, -0.1) is 0 Å². The lowest BCUT2D eigenvalue weighted by molar-refractivity contribution is 0.525. The molecule has 0 aromatic carbocycles. The van der Waals surface area contributed by atoms with Crippen LogP contribution in [-0.4, -0.2) is 48.2 Å². The summed E-state index contributed by atoms with van der Waals surface area (Å²) in [6, 6.07) is 3.96. The van der Waals surface area contributed by atoms with Crippen molar-refractivity contribution >= 4 is 40.7 Å². The smallest absolute Gasteiger partial charge is 0.147 e. The van der Waals surface area contributed by atoms with Gasteiger partial charge in [0.05, 0.1) is 10.0 Å². The van der Waals surface area contributed by atoms with Crippen molar-refractivity contribution in [2.75, 3.05) is 42.3 Å². The highest BCUT2D eigenvalue weighted by molar-refractivity contribution is 6.36. The molecule has 8 heteroatoms. The fourth-order valence-electron chi connectivity index (χ4n) is 2.81. The molecule has 0 radical (unpaired) electrons. The van der Waals surface area contributed by atoms with E-state index in [0.29, 0.717) is 10.0 Å². The molecule has 2 aromatic heterocycles. The van der Waals surface area contributed by atoms with Crippen LogP contribution in [0.5, 0.6) is 0 Å². The van der Waals surface area contributed by atoms with E-state index in [9.17, 15) is 0 Å². The fraction of sp³-hybridized carbons (Fsp3) is 0.438. The minimum absolute atomic E-state index is 0.275. The maximum Gasteiger partial charge on any atom is 0.147 e. The molecule has 0 aliphatic carbocycles. The molecule has 1 atom stereocenters. The molecule has 3 heterocycles. The first-order valence-electron chi connectivity index (χ1n) is 7.85. The molecule has 1 fully saturated rings. The Morgan fingerprint density at radius 3 is 2.79 bits per heavy atom. The first-order chi connectivity index (χ1) is 11.5. The molecule has 128 valence electrons. The van der Waals surface area contributed by atoms with E-state index in [0.717, 1.165) is 43.4 Å². The molecule has 0 spiro atoms. The van der Waals surface area contributed by atoms with E-state index in [-0.39, 0.29) is 6.04 Å². The molecular formula is C16H20Cl2N6. The van der Waals surface area contributed by atoms with Gasteiger partial charge in [-0.3, -0.25) is 0 Å². The minimum Gasteiger partial charge on any atom is -0.365 e. The Hall–Kier alpha value is -1.79. The zero-order chi connectivity index (χ0) is 17.1. The summed E-state index contributed by atoms with van der Waals surface area (Å²) in [5.41, 5.74) is 0. The lowest BCUT2D eigenvalue weighted by Gasteiger charge is -2.34. The molecule has 0 saturated carbocycles. The fourth-order valence-corrected chi connectivity index (χ4v) is 3.31. The van der Waals surface area contributed by atoms with Crippen LogP contribution < -0.4 is 15.1 Å². The number of hydrogen-bond acceptors (Lipinski definition) is 6. The minimum atomic E-state index is 0.275. The van der Waals surface area contributed by atoms with Gasteiger partial charge in [-0.25, -0.2) is 15.0 Å². The van der Waals surface area contributed by atoms with Gasteiger partial charge in [0.25, 0.3) is 0 Å². The number of nitrogens with one attached hydrogen (secondary N) is 1. The van der Waals surface area contributed by atoms with Crippen LogP contribution in [0.4, 0.5) is 17.5 Å². The zero-order valence-electron chi connectivity index (χ0n) is 13.7. The first kappa shape index (κ1) is 17.0. The second-order valence-corrected chi connectivity index (χ2v) is 6.89. The maximum atomic E-state index is 6.29. The molecule has 1 aliphatic rings. The Balaban J connectivity index is 1.70. The van der Waals surface area contributed by atoms with Gasteiger partial charge in [0.2, 0.25) is 0 Å². The van der Waals surface area contributed by atoms with Gasteiger partial charge in [0, 0.05) is 45.5 Å². The molecule has 3 rings (SSSR count). The number of nitrogens with zero attached hydrogens (tertiary/aromatic N) is 5. The van der Waals surface area contributed by atoms with E-state index in [1.54, 1.807) is 18.6 Å². The number of halogens is 2.